The molecule has 3 rings (SSSR count). The van der Waals surface area contributed by atoms with Crippen molar-refractivity contribution in [3.63, 3.8) is 0 Å². The van der Waals surface area contributed by atoms with Crippen molar-refractivity contribution in [1.82, 2.24) is 5.32 Å². The van der Waals surface area contributed by atoms with E-state index < -0.39 is 11.6 Å². The number of benzene rings is 2. The fourth-order valence-electron chi connectivity index (χ4n) is 2.47. The van der Waals surface area contributed by atoms with Gasteiger partial charge in [0, 0.05) is 31.1 Å². The summed E-state index contributed by atoms with van der Waals surface area (Å²) in [5, 5.41) is 3.21. The Bertz CT molecular complexity index is 662. The average molecular weight is 273 g/mol. The smallest absolute Gasteiger partial charge is 0.167 e. The van der Waals surface area contributed by atoms with Crippen LogP contribution in [0.25, 0.3) is 0 Å². The Morgan fingerprint density at radius 2 is 1.70 bits per heavy atom. The van der Waals surface area contributed by atoms with Gasteiger partial charge in [-0.05, 0) is 34.9 Å². The standard InChI is InChI=1S/C16H13F2NO/c17-14-3-10(4-15(18)7-14)5-16(20)11-1-2-12-8-19-9-13(12)6-11/h1-4,6-7,19H,5,8-9H2. The van der Waals surface area contributed by atoms with Crippen LogP contribution in [0.4, 0.5) is 8.78 Å². The maximum atomic E-state index is 13.1. The molecule has 2 aromatic rings. The van der Waals surface area contributed by atoms with Gasteiger partial charge < -0.3 is 5.32 Å². The first-order valence-electron chi connectivity index (χ1n) is 6.42. The van der Waals surface area contributed by atoms with E-state index in [1.165, 1.54) is 17.7 Å². The highest BCUT2D eigenvalue weighted by Crippen LogP contribution is 2.19. The van der Waals surface area contributed by atoms with Gasteiger partial charge in [0.1, 0.15) is 11.6 Å². The van der Waals surface area contributed by atoms with Gasteiger partial charge >= 0.3 is 0 Å². The summed E-state index contributed by atoms with van der Waals surface area (Å²) >= 11 is 0. The van der Waals surface area contributed by atoms with Crippen LogP contribution in [0.15, 0.2) is 36.4 Å². The SMILES string of the molecule is O=C(Cc1cc(F)cc(F)c1)c1ccc2c(c1)CNC2. The molecule has 0 bridgehead atoms. The third-order valence-corrected chi connectivity index (χ3v) is 3.45. The highest BCUT2D eigenvalue weighted by atomic mass is 19.1. The number of nitrogens with one attached hydrogen (secondary N) is 1. The minimum Gasteiger partial charge on any atom is -0.309 e. The zero-order chi connectivity index (χ0) is 14.1. The monoisotopic (exact) mass is 273 g/mol. The van der Waals surface area contributed by atoms with Crippen LogP contribution in [-0.2, 0) is 19.5 Å². The molecule has 0 aromatic heterocycles. The third kappa shape index (κ3) is 2.60. The Morgan fingerprint density at radius 3 is 2.45 bits per heavy atom. The number of hydrogen-bond acceptors (Lipinski definition) is 2. The Kier molecular flexibility index (Phi) is 3.32. The quantitative estimate of drug-likeness (QED) is 0.871. The van der Waals surface area contributed by atoms with Crippen LogP contribution < -0.4 is 5.32 Å². The lowest BCUT2D eigenvalue weighted by atomic mass is 9.99. The number of hydrogen-bond donors (Lipinski definition) is 1. The molecule has 2 aromatic carbocycles. The molecule has 4 heteroatoms. The molecular formula is C16H13F2NO. The van der Waals surface area contributed by atoms with Crippen molar-refractivity contribution >= 4 is 5.78 Å². The van der Waals surface area contributed by atoms with Crippen LogP contribution in [0.1, 0.15) is 27.0 Å². The summed E-state index contributed by atoms with van der Waals surface area (Å²) in [7, 11) is 0. The Labute approximate surface area is 115 Å². The van der Waals surface area contributed by atoms with Crippen LogP contribution in [0.3, 0.4) is 0 Å². The summed E-state index contributed by atoms with van der Waals surface area (Å²) in [6.45, 7) is 1.57. The summed E-state index contributed by atoms with van der Waals surface area (Å²) < 4.78 is 26.2. The summed E-state index contributed by atoms with van der Waals surface area (Å²) in [6, 6.07) is 8.73. The number of Topliss-reactive ketones (excluding diaryl/α,β-unsaturated/α-hetero) is 1. The molecule has 0 amide bonds. The molecule has 0 fully saturated rings. The van der Waals surface area contributed by atoms with Gasteiger partial charge in [0.15, 0.2) is 5.78 Å². The number of rotatable bonds is 3. The van der Waals surface area contributed by atoms with Gasteiger partial charge in [0.25, 0.3) is 0 Å². The molecule has 2 nitrogen and oxygen atoms in total. The van der Waals surface area contributed by atoms with Gasteiger partial charge in [-0.25, -0.2) is 8.78 Å². The lowest BCUT2D eigenvalue weighted by Gasteiger charge is -2.05. The highest BCUT2D eigenvalue weighted by Gasteiger charge is 2.14. The minimum absolute atomic E-state index is 0.000888. The van der Waals surface area contributed by atoms with Gasteiger partial charge in [-0.1, -0.05) is 12.1 Å². The number of ketones is 1. The lowest BCUT2D eigenvalue weighted by Crippen LogP contribution is -2.05. The van der Waals surface area contributed by atoms with Crippen molar-refractivity contribution in [2.45, 2.75) is 19.5 Å². The van der Waals surface area contributed by atoms with Crippen LogP contribution in [0, 0.1) is 11.6 Å². The second kappa shape index (κ2) is 5.13. The van der Waals surface area contributed by atoms with Gasteiger partial charge in [0.2, 0.25) is 0 Å². The predicted molar refractivity (Wildman–Crippen MR) is 71.4 cm³/mol. The second-order valence-electron chi connectivity index (χ2n) is 4.96. The van der Waals surface area contributed by atoms with Crippen molar-refractivity contribution in [2.24, 2.45) is 0 Å². The molecule has 0 atom stereocenters. The molecule has 102 valence electrons. The van der Waals surface area contributed by atoms with Gasteiger partial charge in [-0.15, -0.1) is 0 Å². The van der Waals surface area contributed by atoms with Crippen molar-refractivity contribution in [1.29, 1.82) is 0 Å². The third-order valence-electron chi connectivity index (χ3n) is 3.45. The van der Waals surface area contributed by atoms with Crippen LogP contribution >= 0.6 is 0 Å². The minimum atomic E-state index is -0.661. The summed E-state index contributed by atoms with van der Waals surface area (Å²) in [6.07, 6.45) is 0.000888. The first kappa shape index (κ1) is 12.9. The Hall–Kier alpha value is -2.07. The highest BCUT2D eigenvalue weighted by molar-refractivity contribution is 5.97. The van der Waals surface area contributed by atoms with E-state index in [4.69, 9.17) is 0 Å². The zero-order valence-corrected chi connectivity index (χ0v) is 10.7. The molecule has 0 saturated heterocycles. The van der Waals surface area contributed by atoms with Crippen molar-refractivity contribution in [3.8, 4) is 0 Å². The fraction of sp³-hybridized carbons (Fsp3) is 0.188. The van der Waals surface area contributed by atoms with Crippen molar-refractivity contribution in [3.05, 3.63) is 70.3 Å². The molecule has 0 unspecified atom stereocenters. The Balaban J connectivity index is 1.82. The maximum absolute atomic E-state index is 13.1. The van der Waals surface area contributed by atoms with E-state index in [1.54, 1.807) is 6.07 Å². The molecule has 0 spiro atoms. The fourth-order valence-corrected chi connectivity index (χ4v) is 2.47. The van der Waals surface area contributed by atoms with Crippen LogP contribution in [0.2, 0.25) is 0 Å². The zero-order valence-electron chi connectivity index (χ0n) is 10.7. The molecule has 1 N–H and O–H groups in total. The van der Waals surface area contributed by atoms with E-state index in [2.05, 4.69) is 5.32 Å². The topological polar surface area (TPSA) is 29.1 Å². The molecule has 1 heterocycles. The second-order valence-corrected chi connectivity index (χ2v) is 4.96. The molecule has 1 aliphatic rings. The molecule has 0 aliphatic carbocycles. The van der Waals surface area contributed by atoms with Crippen molar-refractivity contribution < 1.29 is 13.6 Å². The van der Waals surface area contributed by atoms with E-state index in [-0.39, 0.29) is 12.2 Å². The van der Waals surface area contributed by atoms with E-state index in [0.717, 1.165) is 24.7 Å². The average Bonchev–Trinajstić information content (AvgIpc) is 2.84. The van der Waals surface area contributed by atoms with Crippen LogP contribution in [-0.4, -0.2) is 5.78 Å². The van der Waals surface area contributed by atoms with E-state index in [1.807, 2.05) is 12.1 Å². The van der Waals surface area contributed by atoms with E-state index in [9.17, 15) is 13.6 Å². The molecular weight excluding hydrogens is 260 g/mol. The predicted octanol–water partition coefficient (Wildman–Crippen LogP) is 2.99. The summed E-state index contributed by atoms with van der Waals surface area (Å²) in [5.41, 5.74) is 3.24. The Morgan fingerprint density at radius 1 is 1.00 bits per heavy atom. The molecule has 0 saturated carbocycles. The number of carbonyl (C=O) groups is 1. The van der Waals surface area contributed by atoms with Crippen molar-refractivity contribution in [2.75, 3.05) is 0 Å². The van der Waals surface area contributed by atoms with Gasteiger partial charge in [-0.2, -0.15) is 0 Å². The first-order valence-corrected chi connectivity index (χ1v) is 6.42. The first-order chi connectivity index (χ1) is 9.61. The summed E-state index contributed by atoms with van der Waals surface area (Å²) in [5.74, 6) is -1.46. The number of fused-ring (bicyclic) bond motifs is 1. The molecule has 1 aliphatic heterocycles. The molecule has 20 heavy (non-hydrogen) atoms. The largest absolute Gasteiger partial charge is 0.309 e. The lowest BCUT2D eigenvalue weighted by molar-refractivity contribution is 0.0993. The number of halogens is 2. The van der Waals surface area contributed by atoms with E-state index in [0.29, 0.717) is 11.1 Å². The van der Waals surface area contributed by atoms with Gasteiger partial charge in [-0.3, -0.25) is 4.79 Å². The normalized spacial score (nSPS) is 13.3. The van der Waals surface area contributed by atoms with Gasteiger partial charge in [0.05, 0.1) is 0 Å². The molecule has 0 radical (unpaired) electrons. The van der Waals surface area contributed by atoms with Crippen LogP contribution in [0.5, 0.6) is 0 Å². The van der Waals surface area contributed by atoms with E-state index >= 15 is 0 Å². The number of carbonyl (C=O) groups excluding carboxylic acids is 1. The summed E-state index contributed by atoms with van der Waals surface area (Å²) in [4.78, 5) is 12.2. The maximum Gasteiger partial charge on any atom is 0.167 e.